The first-order valence-corrected chi connectivity index (χ1v) is 22.2. The van der Waals surface area contributed by atoms with Crippen molar-refractivity contribution >= 4 is 45.8 Å². The van der Waals surface area contributed by atoms with Crippen LogP contribution in [0.3, 0.4) is 0 Å². The molecule has 2 fully saturated rings. The number of likely N-dealkylation sites (tertiary alicyclic amines) is 2. The van der Waals surface area contributed by atoms with Crippen molar-refractivity contribution in [3.8, 4) is 28.1 Å². The molecule has 16 heteroatoms. The lowest BCUT2D eigenvalue weighted by Crippen LogP contribution is -2.52. The Labute approximate surface area is 378 Å². The molecule has 0 unspecified atom stereocenters. The molecule has 5 aromatic rings. The maximum atomic E-state index is 14.3. The summed E-state index contributed by atoms with van der Waals surface area (Å²) < 4.78 is 21.7. The fraction of sp³-hybridized carbons (Fsp3) is 0.429. The molecule has 2 aromatic heterocycles. The zero-order valence-corrected chi connectivity index (χ0v) is 38.2. The van der Waals surface area contributed by atoms with E-state index in [9.17, 15) is 19.2 Å². The number of methoxy groups -OCH3 is 3. The van der Waals surface area contributed by atoms with Crippen LogP contribution in [0.25, 0.3) is 44.2 Å². The largest absolute Gasteiger partial charge is 0.488 e. The maximum Gasteiger partial charge on any atom is 0.407 e. The molecular formula is C49H58N8O8. The van der Waals surface area contributed by atoms with Gasteiger partial charge in [0.05, 0.1) is 55.8 Å². The highest BCUT2D eigenvalue weighted by atomic mass is 16.5. The Hall–Kier alpha value is -6.68. The number of aromatic nitrogens is 4. The molecule has 5 heterocycles. The average molecular weight is 887 g/mol. The van der Waals surface area contributed by atoms with Gasteiger partial charge in [-0.05, 0) is 97.9 Å². The molecule has 8 rings (SSSR count). The normalized spacial score (nSPS) is 20.5. The third-order valence-electron chi connectivity index (χ3n) is 13.0. The van der Waals surface area contributed by atoms with Crippen LogP contribution in [0.4, 0.5) is 9.59 Å². The van der Waals surface area contributed by atoms with E-state index in [1.807, 2.05) is 63.8 Å². The van der Waals surface area contributed by atoms with Gasteiger partial charge in [0.25, 0.3) is 0 Å². The number of carbonyl (C=O) groups excluding carboxylic acids is 4. The summed E-state index contributed by atoms with van der Waals surface area (Å²) in [6, 6.07) is 12.2. The van der Waals surface area contributed by atoms with E-state index in [-0.39, 0.29) is 41.8 Å². The molecule has 4 N–H and O–H groups in total. The van der Waals surface area contributed by atoms with Crippen LogP contribution in [-0.2, 0) is 30.4 Å². The minimum Gasteiger partial charge on any atom is -0.488 e. The Kier molecular flexibility index (Phi) is 13.0. The van der Waals surface area contributed by atoms with Gasteiger partial charge >= 0.3 is 12.2 Å². The number of hydrogen-bond acceptors (Lipinski definition) is 10. The molecular weight excluding hydrogens is 829 g/mol. The predicted octanol–water partition coefficient (Wildman–Crippen LogP) is 7.88. The van der Waals surface area contributed by atoms with E-state index in [1.165, 1.54) is 14.2 Å². The fourth-order valence-corrected chi connectivity index (χ4v) is 9.61. The number of hydrogen-bond donors (Lipinski definition) is 4. The summed E-state index contributed by atoms with van der Waals surface area (Å²) in [5, 5.41) is 7.41. The van der Waals surface area contributed by atoms with Gasteiger partial charge in [-0.15, -0.1) is 0 Å². The van der Waals surface area contributed by atoms with Gasteiger partial charge in [-0.1, -0.05) is 50.3 Å². The third kappa shape index (κ3) is 8.78. The zero-order chi connectivity index (χ0) is 46.1. The molecule has 2 saturated heterocycles. The van der Waals surface area contributed by atoms with Gasteiger partial charge < -0.3 is 49.3 Å². The number of nitrogens with one attached hydrogen (secondary N) is 4. The van der Waals surface area contributed by atoms with E-state index < -0.39 is 24.3 Å². The number of alkyl carbamates (subject to hydrolysis) is 2. The molecule has 0 spiro atoms. The number of aromatic amines is 2. The minimum atomic E-state index is -0.925. The highest BCUT2D eigenvalue weighted by molar-refractivity contribution is 6.07. The first kappa shape index (κ1) is 44.9. The summed E-state index contributed by atoms with van der Waals surface area (Å²) in [5.74, 6) is 1.63. The van der Waals surface area contributed by atoms with Gasteiger partial charge in [0.2, 0.25) is 11.8 Å². The van der Waals surface area contributed by atoms with Crippen molar-refractivity contribution in [2.45, 2.75) is 90.7 Å². The zero-order valence-electron chi connectivity index (χ0n) is 38.2. The van der Waals surface area contributed by atoms with Crippen molar-refractivity contribution in [2.75, 3.05) is 34.5 Å². The van der Waals surface area contributed by atoms with E-state index >= 15 is 0 Å². The van der Waals surface area contributed by atoms with E-state index in [4.69, 9.17) is 28.9 Å². The van der Waals surface area contributed by atoms with Crippen LogP contribution in [0, 0.1) is 11.8 Å². The smallest absolute Gasteiger partial charge is 0.407 e. The number of nitrogens with zero attached hydrogens (tertiary/aromatic N) is 4. The summed E-state index contributed by atoms with van der Waals surface area (Å²) in [6.45, 7) is 10.8. The number of rotatable bonds is 12. The van der Waals surface area contributed by atoms with Gasteiger partial charge in [-0.3, -0.25) is 9.59 Å². The quantitative estimate of drug-likeness (QED) is 0.0896. The summed E-state index contributed by atoms with van der Waals surface area (Å²) in [6.07, 6.45) is 8.15. The first-order valence-electron chi connectivity index (χ1n) is 22.2. The summed E-state index contributed by atoms with van der Waals surface area (Å²) in [5.41, 5.74) is 7.12. The number of H-pyrrole nitrogens is 2. The monoisotopic (exact) mass is 886 g/mol. The van der Waals surface area contributed by atoms with Gasteiger partial charge in [0.1, 0.15) is 36.1 Å². The van der Waals surface area contributed by atoms with Crippen LogP contribution < -0.4 is 15.4 Å². The number of amides is 4. The highest BCUT2D eigenvalue weighted by Gasteiger charge is 2.43. The molecule has 342 valence electrons. The number of ether oxygens (including phenoxy) is 4. The van der Waals surface area contributed by atoms with E-state index in [2.05, 4.69) is 57.0 Å². The molecule has 0 bridgehead atoms. The van der Waals surface area contributed by atoms with Crippen LogP contribution in [0.5, 0.6) is 5.75 Å². The Morgan fingerprint density at radius 2 is 1.72 bits per heavy atom. The Morgan fingerprint density at radius 3 is 2.46 bits per heavy atom. The number of imidazole rings is 2. The van der Waals surface area contributed by atoms with E-state index in [0.29, 0.717) is 43.4 Å². The number of allylic oxidation sites excluding steroid dienone is 3. The number of fused-ring (bicyclic) bond motifs is 6. The second-order valence-electron chi connectivity index (χ2n) is 17.6. The second kappa shape index (κ2) is 18.8. The van der Waals surface area contributed by atoms with Crippen molar-refractivity contribution in [1.82, 2.24) is 40.4 Å². The first-order chi connectivity index (χ1) is 31.3. The Morgan fingerprint density at radius 1 is 0.938 bits per heavy atom. The molecule has 4 amide bonds. The van der Waals surface area contributed by atoms with Crippen LogP contribution in [-0.4, -0.2) is 106 Å². The minimum absolute atomic E-state index is 0.0340. The maximum absolute atomic E-state index is 14.3. The van der Waals surface area contributed by atoms with Gasteiger partial charge in [-0.2, -0.15) is 0 Å². The molecule has 0 saturated carbocycles. The molecule has 3 aromatic carbocycles. The SMILES string of the molecule is C/C=C\C=C(/C)[C@@H](NC(=O)OC)C(=O)N1C[C@@H](COC)C[C@H]1c1ncc(-c2ccc3c(c2)COc2cc4c(ccc5[nH]c([C@@H]6CC[C@H](C)N6C(=O)[C@@H](NC(=O)OC)C(C)C)nc54)cc2-3)[nH]1. The number of carbonyl (C=O) groups is 4. The Bertz CT molecular complexity index is 2680. The molecule has 0 aliphatic carbocycles. The van der Waals surface area contributed by atoms with Crippen molar-refractivity contribution < 1.29 is 38.1 Å². The van der Waals surface area contributed by atoms with Crippen LogP contribution >= 0.6 is 0 Å². The Balaban J connectivity index is 1.05. The molecule has 6 atom stereocenters. The van der Waals surface area contributed by atoms with Crippen molar-refractivity contribution in [2.24, 2.45) is 11.8 Å². The molecule has 65 heavy (non-hydrogen) atoms. The van der Waals surface area contributed by atoms with E-state index in [0.717, 1.165) is 68.3 Å². The predicted molar refractivity (Wildman–Crippen MR) is 246 cm³/mol. The van der Waals surface area contributed by atoms with Crippen molar-refractivity contribution in [3.63, 3.8) is 0 Å². The van der Waals surface area contributed by atoms with Gasteiger partial charge in [0.15, 0.2) is 0 Å². The molecule has 3 aliphatic heterocycles. The van der Waals surface area contributed by atoms with Crippen molar-refractivity contribution in [3.05, 3.63) is 89.7 Å². The lowest BCUT2D eigenvalue weighted by molar-refractivity contribution is -0.137. The summed E-state index contributed by atoms with van der Waals surface area (Å²) >= 11 is 0. The van der Waals surface area contributed by atoms with Crippen LogP contribution in [0.2, 0.25) is 0 Å². The molecule has 0 radical (unpaired) electrons. The van der Waals surface area contributed by atoms with Gasteiger partial charge in [-0.25, -0.2) is 19.6 Å². The standard InChI is InChI=1S/C49H58N8O8/c1-9-10-11-27(4)42(55-49(61)64-8)46(58)56-23-29(24-62-6)18-39(56)44-50-22-37(52-44)31-13-15-33-32(19-31)25-65-40-21-34-30(20-35(33)40)14-16-36-43(34)53-45(51-36)38-17-12-28(5)57(38)47(59)41(26(2)3)54-48(60)63-7/h9-11,13-16,19-22,26,28-29,38-39,41-42H,12,17-18,23-25H2,1-8H3,(H,50,52)(H,51,53)(H,54,60)(H,55,61)/b10-9-,27-11+/t28-,29-,38-,39-,41-,42+/m0/s1. The van der Waals surface area contributed by atoms with Crippen molar-refractivity contribution in [1.29, 1.82) is 0 Å². The topological polar surface area (TPSA) is 193 Å². The molecule has 16 nitrogen and oxygen atoms in total. The number of benzene rings is 3. The van der Waals surface area contributed by atoms with E-state index in [1.54, 1.807) is 18.2 Å². The van der Waals surface area contributed by atoms with Gasteiger partial charge in [0, 0.05) is 36.6 Å². The third-order valence-corrected chi connectivity index (χ3v) is 13.0. The molecule has 3 aliphatic rings. The summed E-state index contributed by atoms with van der Waals surface area (Å²) in [4.78, 5) is 73.4. The van der Waals surface area contributed by atoms with Crippen LogP contribution in [0.1, 0.15) is 83.2 Å². The highest BCUT2D eigenvalue weighted by Crippen LogP contribution is 2.44. The average Bonchev–Trinajstić information content (AvgIpc) is 4.13. The second-order valence-corrected chi connectivity index (χ2v) is 17.6. The lowest BCUT2D eigenvalue weighted by atomic mass is 9.92. The lowest BCUT2D eigenvalue weighted by Gasteiger charge is -2.32. The summed E-state index contributed by atoms with van der Waals surface area (Å²) in [7, 11) is 4.22. The van der Waals surface area contributed by atoms with Crippen LogP contribution in [0.15, 0.2) is 72.5 Å². The fourth-order valence-electron chi connectivity index (χ4n) is 9.61.